The van der Waals surface area contributed by atoms with Crippen molar-refractivity contribution in [2.45, 2.75) is 0 Å². The van der Waals surface area contributed by atoms with Gasteiger partial charge < -0.3 is 20.5 Å². The van der Waals surface area contributed by atoms with Gasteiger partial charge >= 0.3 is 35.5 Å². The third-order valence-electron chi connectivity index (χ3n) is 1.35. The second-order valence-electron chi connectivity index (χ2n) is 2.17. The van der Waals surface area contributed by atoms with Crippen LogP contribution in [0.3, 0.4) is 0 Å². The maximum Gasteiger partial charge on any atom is 1.00 e. The Kier molecular flexibility index (Phi) is 11.8. The molecule has 0 aliphatic heterocycles. The van der Waals surface area contributed by atoms with Crippen molar-refractivity contribution in [3.05, 3.63) is 35.4 Å². The van der Waals surface area contributed by atoms with Gasteiger partial charge in [-0.25, -0.2) is 4.79 Å². The van der Waals surface area contributed by atoms with Crippen LogP contribution in [0, 0.1) is 0 Å². The number of rotatable bonds is 2. The number of aromatic carboxylic acids is 2. The molecule has 78 valence electrons. The topological polar surface area (TPSA) is 109 Å². The molecule has 0 heterocycles. The van der Waals surface area contributed by atoms with Crippen LogP contribution < -0.4 is 34.7 Å². The minimum Gasteiger partial charge on any atom is -0.545 e. The van der Waals surface area contributed by atoms with Crippen molar-refractivity contribution < 1.29 is 54.8 Å². The van der Waals surface area contributed by atoms with E-state index in [1.165, 1.54) is 18.2 Å². The smallest absolute Gasteiger partial charge is 0.545 e. The molecule has 0 spiro atoms. The summed E-state index contributed by atoms with van der Waals surface area (Å²) in [7, 11) is 0. The van der Waals surface area contributed by atoms with E-state index in [2.05, 4.69) is 0 Å². The second kappa shape index (κ2) is 8.83. The first kappa shape index (κ1) is 20.0. The number of carboxylic acids is 2. The summed E-state index contributed by atoms with van der Waals surface area (Å²) in [6.07, 6.45) is 0. The van der Waals surface area contributed by atoms with E-state index in [0.29, 0.717) is 0 Å². The van der Waals surface area contributed by atoms with Crippen molar-refractivity contribution in [1.82, 2.24) is 0 Å². The molecule has 0 aliphatic carbocycles. The molecule has 15 heavy (non-hydrogen) atoms. The fourth-order valence-corrected chi connectivity index (χ4v) is 0.779. The molecular formula is C8H10NaO5P. The molecule has 0 saturated heterocycles. The molecule has 0 aliphatic rings. The summed E-state index contributed by atoms with van der Waals surface area (Å²) in [5, 5.41) is 18.7. The molecule has 7 heteroatoms. The van der Waals surface area contributed by atoms with Crippen LogP contribution in [0.25, 0.3) is 0 Å². The van der Waals surface area contributed by atoms with Gasteiger partial charge in [-0.1, -0.05) is 12.1 Å². The van der Waals surface area contributed by atoms with E-state index < -0.39 is 11.9 Å². The van der Waals surface area contributed by atoms with Gasteiger partial charge in [-0.3, -0.25) is 0 Å². The molecule has 3 N–H and O–H groups in total. The molecule has 0 bridgehead atoms. The third kappa shape index (κ3) is 5.87. The molecule has 0 aromatic heterocycles. The minimum atomic E-state index is -1.38. The average Bonchev–Trinajstić information content (AvgIpc) is 2.04. The van der Waals surface area contributed by atoms with E-state index in [9.17, 15) is 14.7 Å². The summed E-state index contributed by atoms with van der Waals surface area (Å²) in [5.41, 5.74) is -0.188. The Balaban J connectivity index is -0.000000480. The first-order valence-electron chi connectivity index (χ1n) is 3.16. The Labute approximate surface area is 112 Å². The first-order chi connectivity index (χ1) is 5.61. The van der Waals surface area contributed by atoms with Crippen LogP contribution in [-0.2, 0) is 0 Å². The molecule has 0 fully saturated rings. The standard InChI is InChI=1S/C8H6O4.Na.H2O.H3P/c9-7(10)5-2-1-3-6(4-5)8(11)12;;;/h1-4H,(H,9,10)(H,11,12);;1H2;1H3/q;+1;;/p-1. The van der Waals surface area contributed by atoms with Crippen molar-refractivity contribution in [2.75, 3.05) is 0 Å². The van der Waals surface area contributed by atoms with E-state index >= 15 is 0 Å². The van der Waals surface area contributed by atoms with Crippen molar-refractivity contribution in [3.63, 3.8) is 0 Å². The first-order valence-corrected chi connectivity index (χ1v) is 3.16. The summed E-state index contributed by atoms with van der Waals surface area (Å²) in [4.78, 5) is 20.6. The van der Waals surface area contributed by atoms with Gasteiger partial charge in [0.05, 0.1) is 11.5 Å². The third-order valence-corrected chi connectivity index (χ3v) is 1.35. The number of carboxylic acid groups (broad SMARTS) is 2. The van der Waals surface area contributed by atoms with Gasteiger partial charge in [0.1, 0.15) is 0 Å². The molecule has 1 aromatic carbocycles. The van der Waals surface area contributed by atoms with Gasteiger partial charge in [0.2, 0.25) is 0 Å². The summed E-state index contributed by atoms with van der Waals surface area (Å²) >= 11 is 0. The van der Waals surface area contributed by atoms with E-state index in [0.717, 1.165) is 6.07 Å². The van der Waals surface area contributed by atoms with Crippen LogP contribution in [-0.4, -0.2) is 22.5 Å². The van der Waals surface area contributed by atoms with Crippen LogP contribution in [0.1, 0.15) is 20.7 Å². The normalized spacial score (nSPS) is 7.47. The average molecular weight is 240 g/mol. The van der Waals surface area contributed by atoms with E-state index in [4.69, 9.17) is 5.11 Å². The molecule has 1 atom stereocenters. The van der Waals surface area contributed by atoms with Crippen LogP contribution in [0.4, 0.5) is 0 Å². The molecule has 1 unspecified atom stereocenters. The molecule has 1 aromatic rings. The quantitative estimate of drug-likeness (QED) is 0.419. The van der Waals surface area contributed by atoms with Gasteiger partial charge in [-0.2, -0.15) is 9.90 Å². The van der Waals surface area contributed by atoms with E-state index in [-0.39, 0.29) is 56.1 Å². The predicted octanol–water partition coefficient (Wildman–Crippen LogP) is -4.01. The van der Waals surface area contributed by atoms with Gasteiger partial charge in [0, 0.05) is 0 Å². The maximum absolute atomic E-state index is 10.4. The molecular weight excluding hydrogens is 230 g/mol. The van der Waals surface area contributed by atoms with Crippen LogP contribution in [0.15, 0.2) is 24.3 Å². The van der Waals surface area contributed by atoms with Crippen LogP contribution in [0.2, 0.25) is 0 Å². The fourth-order valence-electron chi connectivity index (χ4n) is 0.779. The van der Waals surface area contributed by atoms with Crippen molar-refractivity contribution in [1.29, 1.82) is 0 Å². The number of hydrogen-bond donors (Lipinski definition) is 1. The van der Waals surface area contributed by atoms with Gasteiger partial charge in [0.25, 0.3) is 0 Å². The van der Waals surface area contributed by atoms with E-state index in [1.54, 1.807) is 0 Å². The van der Waals surface area contributed by atoms with Crippen LogP contribution >= 0.6 is 9.90 Å². The van der Waals surface area contributed by atoms with Gasteiger partial charge in [0.15, 0.2) is 0 Å². The zero-order valence-corrected chi connectivity index (χ0v) is 11.6. The fraction of sp³-hybridized carbons (Fsp3) is 0. The number of hydrogen-bond acceptors (Lipinski definition) is 3. The Bertz CT molecular complexity index is 312. The van der Waals surface area contributed by atoms with E-state index in [1.807, 2.05) is 0 Å². The zero-order chi connectivity index (χ0) is 9.14. The van der Waals surface area contributed by atoms with Crippen LogP contribution in [0.5, 0.6) is 0 Å². The summed E-state index contributed by atoms with van der Waals surface area (Å²) in [5.74, 6) is -2.53. The second-order valence-corrected chi connectivity index (χ2v) is 2.17. The summed E-state index contributed by atoms with van der Waals surface area (Å²) < 4.78 is 0. The summed E-state index contributed by atoms with van der Waals surface area (Å²) in [6, 6.07) is 5.00. The number of benzene rings is 1. The zero-order valence-electron chi connectivity index (χ0n) is 8.19. The minimum absolute atomic E-state index is 0. The molecule has 1 rings (SSSR count). The molecule has 0 radical (unpaired) electrons. The summed E-state index contributed by atoms with van der Waals surface area (Å²) in [6.45, 7) is 0. The molecule has 0 amide bonds. The Hall–Kier alpha value is -0.450. The Morgan fingerprint density at radius 2 is 1.67 bits per heavy atom. The molecule has 0 saturated carbocycles. The Morgan fingerprint density at radius 3 is 2.07 bits per heavy atom. The monoisotopic (exact) mass is 240 g/mol. The maximum atomic E-state index is 10.4. The Morgan fingerprint density at radius 1 is 1.20 bits per heavy atom. The number of carbonyl (C=O) groups is 2. The predicted molar refractivity (Wildman–Crippen MR) is 52.5 cm³/mol. The van der Waals surface area contributed by atoms with Gasteiger partial charge in [-0.15, -0.1) is 0 Å². The van der Waals surface area contributed by atoms with Gasteiger partial charge in [-0.05, 0) is 17.7 Å². The SMILES string of the molecule is O.O=C([O-])c1cccc(C(=O)O)c1.P.[Na+]. The van der Waals surface area contributed by atoms with Crippen molar-refractivity contribution in [3.8, 4) is 0 Å². The largest absolute Gasteiger partial charge is 1.00 e. The number of carbonyl (C=O) groups excluding carboxylic acids is 1. The molecule has 5 nitrogen and oxygen atoms in total. The van der Waals surface area contributed by atoms with Crippen molar-refractivity contribution >= 4 is 21.8 Å². The van der Waals surface area contributed by atoms with Crippen molar-refractivity contribution in [2.24, 2.45) is 0 Å².